The van der Waals surface area contributed by atoms with Crippen molar-refractivity contribution in [3.63, 3.8) is 0 Å². The molecule has 0 aliphatic heterocycles. The van der Waals surface area contributed by atoms with E-state index in [4.69, 9.17) is 4.74 Å². The number of allylic oxidation sites excluding steroid dienone is 5. The maximum Gasteiger partial charge on any atom is 0.305 e. The molecule has 0 bridgehead atoms. The fourth-order valence-corrected chi connectivity index (χ4v) is 9.78. The van der Waals surface area contributed by atoms with Crippen molar-refractivity contribution in [1.29, 1.82) is 0 Å². The highest BCUT2D eigenvalue weighted by molar-refractivity contribution is 5.76. The van der Waals surface area contributed by atoms with Crippen LogP contribution in [0, 0.1) is 0 Å². The molecule has 0 aromatic heterocycles. The molecule has 1 amide bonds. The molecule has 0 saturated carbocycles. The fraction of sp³-hybridized carbons (Fsp3) is 0.877. The summed E-state index contributed by atoms with van der Waals surface area (Å²) in [5.74, 6) is -0.0618. The van der Waals surface area contributed by atoms with Gasteiger partial charge in [-0.05, 0) is 64.2 Å². The van der Waals surface area contributed by atoms with Crippen molar-refractivity contribution in [3.8, 4) is 0 Å². The van der Waals surface area contributed by atoms with Crippen LogP contribution in [-0.2, 0) is 14.3 Å². The van der Waals surface area contributed by atoms with Crippen LogP contribution in [0.4, 0.5) is 0 Å². The molecule has 71 heavy (non-hydrogen) atoms. The summed E-state index contributed by atoms with van der Waals surface area (Å²) in [7, 11) is 0. The predicted octanol–water partition coefficient (Wildman–Crippen LogP) is 20.0. The zero-order valence-electron chi connectivity index (χ0n) is 47.7. The minimum Gasteiger partial charge on any atom is -0.466 e. The largest absolute Gasteiger partial charge is 0.466 e. The molecule has 0 aromatic rings. The Morgan fingerprint density at radius 3 is 1.07 bits per heavy atom. The zero-order valence-corrected chi connectivity index (χ0v) is 47.7. The van der Waals surface area contributed by atoms with Crippen molar-refractivity contribution in [2.45, 2.75) is 353 Å². The number of ether oxygens (including phenoxy) is 1. The van der Waals surface area contributed by atoms with Crippen LogP contribution in [0.2, 0.25) is 0 Å². The third-order valence-corrected chi connectivity index (χ3v) is 14.7. The summed E-state index contributed by atoms with van der Waals surface area (Å²) in [6, 6.07) is -0.632. The highest BCUT2D eigenvalue weighted by atomic mass is 16.5. The van der Waals surface area contributed by atoms with Gasteiger partial charge in [0.1, 0.15) is 0 Å². The quantitative estimate of drug-likeness (QED) is 0.0321. The van der Waals surface area contributed by atoms with E-state index in [1.165, 1.54) is 270 Å². The summed E-state index contributed by atoms with van der Waals surface area (Å²) in [6.45, 7) is 4.91. The molecule has 0 aliphatic carbocycles. The molecule has 0 rings (SSSR count). The molecule has 2 atom stereocenters. The number of carbonyl (C=O) groups excluding carboxylic acids is 2. The number of aliphatic hydroxyl groups excluding tert-OH is 2. The summed E-state index contributed by atoms with van der Waals surface area (Å²) < 4.78 is 5.49. The number of rotatable bonds is 59. The number of hydrogen-bond donors (Lipinski definition) is 3. The van der Waals surface area contributed by atoms with Crippen LogP contribution >= 0.6 is 0 Å². The average molecular weight is 999 g/mol. The maximum atomic E-state index is 12.4. The molecule has 0 radical (unpaired) electrons. The van der Waals surface area contributed by atoms with Gasteiger partial charge in [0, 0.05) is 12.8 Å². The Labute approximate surface area is 443 Å². The van der Waals surface area contributed by atoms with Crippen molar-refractivity contribution in [3.05, 3.63) is 36.5 Å². The van der Waals surface area contributed by atoms with Crippen LogP contribution < -0.4 is 5.32 Å². The molecule has 0 spiro atoms. The number of carbonyl (C=O) groups is 2. The van der Waals surface area contributed by atoms with Crippen molar-refractivity contribution < 1.29 is 24.5 Å². The average Bonchev–Trinajstić information content (AvgIpc) is 3.37. The summed E-state index contributed by atoms with van der Waals surface area (Å²) in [5.41, 5.74) is 0. The molecule has 0 aromatic carbocycles. The third-order valence-electron chi connectivity index (χ3n) is 14.7. The zero-order chi connectivity index (χ0) is 51.4. The molecular formula is C65H123NO5. The first-order valence-electron chi connectivity index (χ1n) is 31.8. The molecule has 0 aliphatic rings. The fourth-order valence-electron chi connectivity index (χ4n) is 9.78. The Hall–Kier alpha value is -1.92. The second-order valence-corrected chi connectivity index (χ2v) is 21.7. The lowest BCUT2D eigenvalue weighted by molar-refractivity contribution is -0.143. The van der Waals surface area contributed by atoms with Crippen LogP contribution in [0.25, 0.3) is 0 Å². The lowest BCUT2D eigenvalue weighted by Crippen LogP contribution is -2.45. The van der Waals surface area contributed by atoms with E-state index < -0.39 is 12.1 Å². The predicted molar refractivity (Wildman–Crippen MR) is 310 cm³/mol. The first-order valence-corrected chi connectivity index (χ1v) is 31.8. The number of amides is 1. The number of unbranched alkanes of at least 4 members (excludes halogenated alkanes) is 44. The van der Waals surface area contributed by atoms with Crippen molar-refractivity contribution in [2.24, 2.45) is 0 Å². The van der Waals surface area contributed by atoms with Crippen molar-refractivity contribution >= 4 is 11.9 Å². The Morgan fingerprint density at radius 1 is 0.394 bits per heavy atom. The van der Waals surface area contributed by atoms with Gasteiger partial charge in [0.15, 0.2) is 0 Å². The van der Waals surface area contributed by atoms with Gasteiger partial charge >= 0.3 is 5.97 Å². The van der Waals surface area contributed by atoms with E-state index >= 15 is 0 Å². The number of aliphatic hydroxyl groups is 2. The van der Waals surface area contributed by atoms with E-state index in [0.717, 1.165) is 44.9 Å². The van der Waals surface area contributed by atoms with Crippen LogP contribution in [0.15, 0.2) is 36.5 Å². The second-order valence-electron chi connectivity index (χ2n) is 21.7. The van der Waals surface area contributed by atoms with Crippen LogP contribution in [0.3, 0.4) is 0 Å². The minimum absolute atomic E-state index is 0.0125. The lowest BCUT2D eigenvalue weighted by atomic mass is 10.0. The van der Waals surface area contributed by atoms with E-state index in [1.807, 2.05) is 6.08 Å². The molecular weight excluding hydrogens is 875 g/mol. The first kappa shape index (κ1) is 69.1. The van der Waals surface area contributed by atoms with Gasteiger partial charge < -0.3 is 20.3 Å². The van der Waals surface area contributed by atoms with Crippen LogP contribution in [0.5, 0.6) is 0 Å². The molecule has 0 heterocycles. The molecule has 6 heteroatoms. The van der Waals surface area contributed by atoms with Crippen LogP contribution in [0.1, 0.15) is 341 Å². The van der Waals surface area contributed by atoms with E-state index in [9.17, 15) is 19.8 Å². The summed E-state index contributed by atoms with van der Waals surface area (Å²) in [4.78, 5) is 24.5. The maximum absolute atomic E-state index is 12.4. The molecule has 418 valence electrons. The van der Waals surface area contributed by atoms with Crippen molar-refractivity contribution in [1.82, 2.24) is 5.32 Å². The standard InChI is InChI=1S/C65H123NO5/c1-3-5-7-9-11-13-15-17-18-28-32-35-39-43-47-51-55-59-65(70)71-60-56-52-48-44-40-36-33-30-27-25-23-21-19-20-22-24-26-29-31-34-38-42-46-50-54-58-64(69)66-62(61-67)63(68)57-53-49-45-41-37-16-14-12-10-8-6-4-2/h20-23,53,57,62-63,67-68H,3-19,24-52,54-56,58-61H2,1-2H3,(H,66,69)/b22-20-,23-21-,57-53+. The van der Waals surface area contributed by atoms with Gasteiger partial charge in [-0.1, -0.05) is 301 Å². The SMILES string of the molecule is CCCCCCCCCCCC/C=C/C(O)C(CO)NC(=O)CCCCCCCCCCC/C=C\C/C=C\CCCCCCCCCCCOC(=O)CCCCCCCCCCCCCCCCCCC. The van der Waals surface area contributed by atoms with Crippen LogP contribution in [-0.4, -0.2) is 47.4 Å². The van der Waals surface area contributed by atoms with Gasteiger partial charge in [0.2, 0.25) is 5.91 Å². The molecule has 6 nitrogen and oxygen atoms in total. The molecule has 0 saturated heterocycles. The monoisotopic (exact) mass is 998 g/mol. The minimum atomic E-state index is -0.847. The van der Waals surface area contributed by atoms with Gasteiger partial charge in [-0.25, -0.2) is 0 Å². The van der Waals surface area contributed by atoms with Gasteiger partial charge in [-0.15, -0.1) is 0 Å². The number of hydrogen-bond acceptors (Lipinski definition) is 5. The highest BCUT2D eigenvalue weighted by Gasteiger charge is 2.18. The topological polar surface area (TPSA) is 95.9 Å². The molecule has 3 N–H and O–H groups in total. The van der Waals surface area contributed by atoms with E-state index in [2.05, 4.69) is 43.5 Å². The first-order chi connectivity index (χ1) is 35.0. The lowest BCUT2D eigenvalue weighted by Gasteiger charge is -2.20. The smallest absolute Gasteiger partial charge is 0.305 e. The Bertz CT molecular complexity index is 1150. The highest BCUT2D eigenvalue weighted by Crippen LogP contribution is 2.17. The molecule has 2 unspecified atom stereocenters. The number of nitrogens with one attached hydrogen (secondary N) is 1. The van der Waals surface area contributed by atoms with Gasteiger partial charge in [-0.2, -0.15) is 0 Å². The summed E-state index contributed by atoms with van der Waals surface area (Å²) >= 11 is 0. The van der Waals surface area contributed by atoms with E-state index in [0.29, 0.717) is 19.4 Å². The van der Waals surface area contributed by atoms with E-state index in [1.54, 1.807) is 6.08 Å². The third kappa shape index (κ3) is 57.2. The number of esters is 1. The van der Waals surface area contributed by atoms with E-state index in [-0.39, 0.29) is 18.5 Å². The second kappa shape index (κ2) is 60.6. The van der Waals surface area contributed by atoms with Gasteiger partial charge in [0.25, 0.3) is 0 Å². The van der Waals surface area contributed by atoms with Gasteiger partial charge in [0.05, 0.1) is 25.4 Å². The Balaban J connectivity index is 3.42. The van der Waals surface area contributed by atoms with Gasteiger partial charge in [-0.3, -0.25) is 9.59 Å². The summed E-state index contributed by atoms with van der Waals surface area (Å²) in [5, 5.41) is 23.0. The summed E-state index contributed by atoms with van der Waals surface area (Å²) in [6.07, 6.45) is 76.2. The normalized spacial score (nSPS) is 12.8. The molecule has 0 fully saturated rings. The Morgan fingerprint density at radius 2 is 0.704 bits per heavy atom. The Kier molecular flexibility index (Phi) is 59.0. The van der Waals surface area contributed by atoms with Crippen molar-refractivity contribution in [2.75, 3.05) is 13.2 Å².